The molecule has 0 fully saturated rings. The maximum atomic E-state index is 11.6. The van der Waals surface area contributed by atoms with Crippen LogP contribution in [-0.4, -0.2) is 112 Å². The lowest BCUT2D eigenvalue weighted by atomic mass is 9.81. The zero-order chi connectivity index (χ0) is 41.6. The van der Waals surface area contributed by atoms with Crippen LogP contribution in [0.4, 0.5) is 0 Å². The number of phenols is 22. The third-order valence-electron chi connectivity index (χ3n) is 9.43. The van der Waals surface area contributed by atoms with Gasteiger partial charge in [0.25, 0.3) is 0 Å². The molecule has 290 valence electrons. The van der Waals surface area contributed by atoms with Crippen molar-refractivity contribution in [2.24, 2.45) is 0 Å². The van der Waals surface area contributed by atoms with Crippen molar-refractivity contribution >= 4 is 43.1 Å². The second kappa shape index (κ2) is 10.9. The molecule has 0 heterocycles. The lowest BCUT2D eigenvalue weighted by Gasteiger charge is -2.25. The molecule has 0 aliphatic carbocycles. The molecule has 22 heteroatoms. The fourth-order valence-electron chi connectivity index (χ4n) is 6.86. The maximum Gasteiger partial charge on any atom is 0.205 e. The summed E-state index contributed by atoms with van der Waals surface area (Å²) in [6, 6.07) is 0. The van der Waals surface area contributed by atoms with Gasteiger partial charge in [0.05, 0.1) is 32.7 Å². The SMILES string of the molecule is Oc1c(O)c(O)c2c(O)c(-c3c4c(O)c(O)c(O)c(O)c4c(-c4c(O)c(O)c5c(O)c(O)c(O)c(O)c5c4O)c4c(O)c(O)c(O)c(O)c34)c(O)c(O)c2c1O. The Labute approximate surface area is 304 Å². The van der Waals surface area contributed by atoms with Gasteiger partial charge in [-0.3, -0.25) is 0 Å². The van der Waals surface area contributed by atoms with Crippen LogP contribution in [0.1, 0.15) is 0 Å². The van der Waals surface area contributed by atoms with Gasteiger partial charge in [-0.2, -0.15) is 0 Å². The second-order valence-electron chi connectivity index (χ2n) is 12.2. The molecule has 0 aromatic heterocycles. The first-order chi connectivity index (χ1) is 26.0. The van der Waals surface area contributed by atoms with Crippen LogP contribution < -0.4 is 0 Å². The third kappa shape index (κ3) is 3.86. The summed E-state index contributed by atoms with van der Waals surface area (Å²) in [6.07, 6.45) is 0. The largest absolute Gasteiger partial charge is 0.506 e. The minimum absolute atomic E-state index is 1.18. The van der Waals surface area contributed by atoms with E-state index in [1.165, 1.54) is 0 Å². The minimum Gasteiger partial charge on any atom is -0.506 e. The van der Waals surface area contributed by atoms with E-state index in [1.54, 1.807) is 0 Å². The van der Waals surface area contributed by atoms with Crippen LogP contribution >= 0.6 is 0 Å². The van der Waals surface area contributed by atoms with Crippen LogP contribution in [0.15, 0.2) is 0 Å². The Morgan fingerprint density at radius 3 is 0.446 bits per heavy atom. The Hall–Kier alpha value is -8.82. The lowest BCUT2D eigenvalue weighted by molar-refractivity contribution is 0.347. The average molecular weight is 783 g/mol. The molecule has 7 aromatic rings. The van der Waals surface area contributed by atoms with Gasteiger partial charge in [0.2, 0.25) is 46.0 Å². The van der Waals surface area contributed by atoms with E-state index in [9.17, 15) is 112 Å². The van der Waals surface area contributed by atoms with Crippen LogP contribution in [0.3, 0.4) is 0 Å². The first kappa shape index (κ1) is 35.6. The summed E-state index contributed by atoms with van der Waals surface area (Å²) < 4.78 is 0. The summed E-state index contributed by atoms with van der Waals surface area (Å²) in [5.74, 6) is -35.3. The van der Waals surface area contributed by atoms with Gasteiger partial charge in [0.15, 0.2) is 69.0 Å². The fraction of sp³-hybridized carbons (Fsp3) is 0. The zero-order valence-corrected chi connectivity index (χ0v) is 26.8. The highest BCUT2D eigenvalue weighted by molar-refractivity contribution is 6.32. The summed E-state index contributed by atoms with van der Waals surface area (Å²) in [4.78, 5) is 0. The van der Waals surface area contributed by atoms with Crippen molar-refractivity contribution in [3.05, 3.63) is 0 Å². The Bertz CT molecular complexity index is 2760. The van der Waals surface area contributed by atoms with Gasteiger partial charge in [0, 0.05) is 32.7 Å². The molecule has 0 bridgehead atoms. The lowest BCUT2D eigenvalue weighted by Crippen LogP contribution is -1.97. The molecule has 0 saturated heterocycles. The van der Waals surface area contributed by atoms with Gasteiger partial charge in [-0.1, -0.05) is 0 Å². The molecule has 22 N–H and O–H groups in total. The topological polar surface area (TPSA) is 445 Å². The number of hydrogen-bond donors (Lipinski definition) is 22. The molecule has 0 saturated carbocycles. The van der Waals surface area contributed by atoms with Crippen LogP contribution in [0.5, 0.6) is 126 Å². The van der Waals surface area contributed by atoms with Gasteiger partial charge < -0.3 is 112 Å². The van der Waals surface area contributed by atoms with E-state index in [4.69, 9.17) is 0 Å². The molecular weight excluding hydrogens is 760 g/mol. The highest BCUT2D eigenvalue weighted by Crippen LogP contribution is 2.68. The number of benzene rings is 7. The smallest absolute Gasteiger partial charge is 0.205 e. The number of hydrogen-bond acceptors (Lipinski definition) is 22. The maximum absolute atomic E-state index is 11.6. The van der Waals surface area contributed by atoms with E-state index >= 15 is 0 Å². The molecule has 0 spiro atoms. The van der Waals surface area contributed by atoms with E-state index in [0.29, 0.717) is 0 Å². The van der Waals surface area contributed by atoms with Gasteiger partial charge in [-0.25, -0.2) is 0 Å². The molecule has 7 aromatic carbocycles. The summed E-state index contributed by atoms with van der Waals surface area (Å²) in [5, 5.41) is 229. The average Bonchev–Trinajstić information content (AvgIpc) is 3.16. The molecular formula is C34H22O22. The van der Waals surface area contributed by atoms with E-state index in [0.717, 1.165) is 0 Å². The summed E-state index contributed by atoms with van der Waals surface area (Å²) >= 11 is 0. The molecule has 22 nitrogen and oxygen atoms in total. The van der Waals surface area contributed by atoms with Crippen LogP contribution in [0.2, 0.25) is 0 Å². The Morgan fingerprint density at radius 2 is 0.250 bits per heavy atom. The normalized spacial score (nSPS) is 11.7. The molecule has 56 heavy (non-hydrogen) atoms. The van der Waals surface area contributed by atoms with Crippen molar-refractivity contribution in [3.63, 3.8) is 0 Å². The van der Waals surface area contributed by atoms with Gasteiger partial charge in [-0.05, 0) is 0 Å². The van der Waals surface area contributed by atoms with Crippen molar-refractivity contribution in [2.45, 2.75) is 0 Å². The Morgan fingerprint density at radius 1 is 0.107 bits per heavy atom. The van der Waals surface area contributed by atoms with Crippen LogP contribution in [-0.2, 0) is 0 Å². The van der Waals surface area contributed by atoms with E-state index in [-0.39, 0.29) is 0 Å². The summed E-state index contributed by atoms with van der Waals surface area (Å²) in [7, 11) is 0. The predicted molar refractivity (Wildman–Crippen MR) is 184 cm³/mol. The van der Waals surface area contributed by atoms with Crippen molar-refractivity contribution in [2.75, 3.05) is 0 Å². The quantitative estimate of drug-likeness (QED) is 0.0680. The highest BCUT2D eigenvalue weighted by Gasteiger charge is 2.39. The molecule has 0 amide bonds. The fourth-order valence-corrected chi connectivity index (χ4v) is 6.86. The minimum atomic E-state index is -1.68. The number of rotatable bonds is 2. The van der Waals surface area contributed by atoms with Gasteiger partial charge in [0.1, 0.15) is 11.5 Å². The number of fused-ring (bicyclic) bond motifs is 4. The van der Waals surface area contributed by atoms with Crippen molar-refractivity contribution in [1.82, 2.24) is 0 Å². The first-order valence-electron chi connectivity index (χ1n) is 14.9. The number of phenolic OH excluding ortho intramolecular Hbond substituents is 22. The molecule has 7 rings (SSSR count). The van der Waals surface area contributed by atoms with Crippen LogP contribution in [0.25, 0.3) is 65.3 Å². The van der Waals surface area contributed by atoms with Gasteiger partial charge in [-0.15, -0.1) is 0 Å². The first-order valence-corrected chi connectivity index (χ1v) is 14.9. The molecule has 0 aliphatic rings. The molecule has 0 unspecified atom stereocenters. The summed E-state index contributed by atoms with van der Waals surface area (Å²) in [6.45, 7) is 0. The monoisotopic (exact) mass is 782 g/mol. The zero-order valence-electron chi connectivity index (χ0n) is 26.8. The van der Waals surface area contributed by atoms with Crippen LogP contribution in [0, 0.1) is 0 Å². The van der Waals surface area contributed by atoms with Gasteiger partial charge >= 0.3 is 0 Å². The van der Waals surface area contributed by atoms with E-state index in [2.05, 4.69) is 0 Å². The van der Waals surface area contributed by atoms with E-state index in [1.807, 2.05) is 0 Å². The van der Waals surface area contributed by atoms with Crippen molar-refractivity contribution in [1.29, 1.82) is 0 Å². The van der Waals surface area contributed by atoms with Crippen molar-refractivity contribution < 1.29 is 112 Å². The Kier molecular flexibility index (Phi) is 6.90. The molecule has 0 atom stereocenters. The highest BCUT2D eigenvalue weighted by atomic mass is 16.4. The third-order valence-corrected chi connectivity index (χ3v) is 9.43. The molecule has 0 radical (unpaired) electrons. The molecule has 0 aliphatic heterocycles. The second-order valence-corrected chi connectivity index (χ2v) is 12.2. The predicted octanol–water partition coefficient (Wildman–Crippen LogP) is 3.16. The Balaban J connectivity index is 1.92. The number of aromatic hydroxyl groups is 22. The van der Waals surface area contributed by atoms with Crippen molar-refractivity contribution in [3.8, 4) is 149 Å². The summed E-state index contributed by atoms with van der Waals surface area (Å²) in [5.41, 5.74) is -5.44. The standard InChI is InChI=1S/C34H22O22/c35-13-7(19(41)21(43)11-9(13)23(45)31(53)33(55)25(11)47)1-3-5(17(39)29(51)27(49)15(3)37)2(6-4(1)16(38)28(50)30(52)18(6)40)8-14(36)10-12(22(44)20(8)42)26(48)34(56)32(54)24(10)46/h35-56H. The van der Waals surface area contributed by atoms with E-state index < -0.39 is 192 Å².